The van der Waals surface area contributed by atoms with Gasteiger partial charge in [-0.3, -0.25) is 0 Å². The first-order valence-corrected chi connectivity index (χ1v) is 6.83. The van der Waals surface area contributed by atoms with Gasteiger partial charge in [-0.1, -0.05) is 38.1 Å². The van der Waals surface area contributed by atoms with Crippen LogP contribution in [0.5, 0.6) is 0 Å². The Bertz CT molecular complexity index is 471. The summed E-state index contributed by atoms with van der Waals surface area (Å²) in [5, 5.41) is 3.23. The van der Waals surface area contributed by atoms with Crippen molar-refractivity contribution in [2.24, 2.45) is 5.73 Å². The van der Waals surface area contributed by atoms with Gasteiger partial charge in [0.15, 0.2) is 0 Å². The number of nitrogens with zero attached hydrogens (tertiary/aromatic N) is 1. The van der Waals surface area contributed by atoms with Gasteiger partial charge in [0.2, 0.25) is 0 Å². The van der Waals surface area contributed by atoms with E-state index in [0.29, 0.717) is 12.5 Å². The average molecular weight is 246 g/mol. The van der Waals surface area contributed by atoms with Crippen molar-refractivity contribution < 1.29 is 0 Å². The minimum absolute atomic E-state index is 0.576. The molecule has 2 N–H and O–H groups in total. The van der Waals surface area contributed by atoms with Gasteiger partial charge in [-0.2, -0.15) is 0 Å². The van der Waals surface area contributed by atoms with Crippen molar-refractivity contribution >= 4 is 11.3 Å². The van der Waals surface area contributed by atoms with Crippen LogP contribution in [0.1, 0.15) is 30.3 Å². The van der Waals surface area contributed by atoms with Crippen molar-refractivity contribution in [2.45, 2.75) is 26.2 Å². The van der Waals surface area contributed by atoms with Gasteiger partial charge in [0.25, 0.3) is 0 Å². The van der Waals surface area contributed by atoms with E-state index in [4.69, 9.17) is 5.73 Å². The number of benzene rings is 1. The third-order valence-electron chi connectivity index (χ3n) is 2.78. The maximum Gasteiger partial charge on any atom is 0.0945 e. The monoisotopic (exact) mass is 246 g/mol. The molecule has 0 aliphatic heterocycles. The second kappa shape index (κ2) is 5.43. The topological polar surface area (TPSA) is 38.9 Å². The van der Waals surface area contributed by atoms with E-state index < -0.39 is 0 Å². The van der Waals surface area contributed by atoms with E-state index in [9.17, 15) is 0 Å². The van der Waals surface area contributed by atoms with Crippen LogP contribution in [0.15, 0.2) is 29.6 Å². The van der Waals surface area contributed by atoms with Crippen molar-refractivity contribution in [3.05, 3.63) is 40.2 Å². The Morgan fingerprint density at radius 2 is 1.94 bits per heavy atom. The average Bonchev–Trinajstić information content (AvgIpc) is 2.78. The zero-order valence-corrected chi connectivity index (χ0v) is 11.1. The summed E-state index contributed by atoms with van der Waals surface area (Å²) < 4.78 is 0. The van der Waals surface area contributed by atoms with Crippen molar-refractivity contribution in [3.63, 3.8) is 0 Å². The largest absolute Gasteiger partial charge is 0.330 e. The standard InChI is InChI=1S/C14H18N2S/c1-10(2)11-3-5-12(6-4-11)13-9-17-14(16-13)7-8-15/h3-6,9-10H,7-8,15H2,1-2H3. The molecular weight excluding hydrogens is 228 g/mol. The number of hydrogen-bond acceptors (Lipinski definition) is 3. The van der Waals surface area contributed by atoms with E-state index in [1.54, 1.807) is 11.3 Å². The normalized spacial score (nSPS) is 11.1. The molecule has 1 aromatic heterocycles. The second-order valence-electron chi connectivity index (χ2n) is 4.44. The summed E-state index contributed by atoms with van der Waals surface area (Å²) in [6.45, 7) is 5.08. The quantitative estimate of drug-likeness (QED) is 0.897. The summed E-state index contributed by atoms with van der Waals surface area (Å²) in [4.78, 5) is 4.58. The highest BCUT2D eigenvalue weighted by molar-refractivity contribution is 7.09. The predicted octanol–water partition coefficient (Wildman–Crippen LogP) is 3.43. The molecule has 0 fully saturated rings. The molecule has 90 valence electrons. The number of hydrogen-bond donors (Lipinski definition) is 1. The third kappa shape index (κ3) is 2.93. The Labute approximate surface area is 107 Å². The van der Waals surface area contributed by atoms with E-state index in [1.807, 2.05) is 0 Å². The molecule has 17 heavy (non-hydrogen) atoms. The summed E-state index contributed by atoms with van der Waals surface area (Å²) in [7, 11) is 0. The van der Waals surface area contributed by atoms with Crippen LogP contribution in [0.3, 0.4) is 0 Å². The highest BCUT2D eigenvalue weighted by Gasteiger charge is 2.05. The fourth-order valence-corrected chi connectivity index (χ4v) is 2.54. The van der Waals surface area contributed by atoms with Crippen LogP contribution in [-0.2, 0) is 6.42 Å². The Morgan fingerprint density at radius 3 is 2.53 bits per heavy atom. The van der Waals surface area contributed by atoms with Gasteiger partial charge < -0.3 is 5.73 Å². The molecule has 2 aromatic rings. The first-order valence-electron chi connectivity index (χ1n) is 5.95. The van der Waals surface area contributed by atoms with Gasteiger partial charge >= 0.3 is 0 Å². The smallest absolute Gasteiger partial charge is 0.0945 e. The molecule has 0 saturated carbocycles. The van der Waals surface area contributed by atoms with E-state index in [2.05, 4.69) is 48.5 Å². The molecule has 0 amide bonds. The number of nitrogens with two attached hydrogens (primary N) is 1. The fraction of sp³-hybridized carbons (Fsp3) is 0.357. The zero-order chi connectivity index (χ0) is 12.3. The van der Waals surface area contributed by atoms with Gasteiger partial charge in [-0.25, -0.2) is 4.98 Å². The van der Waals surface area contributed by atoms with Crippen LogP contribution in [0.4, 0.5) is 0 Å². The Hall–Kier alpha value is -1.19. The van der Waals surface area contributed by atoms with E-state index in [0.717, 1.165) is 17.1 Å². The molecule has 1 heterocycles. The van der Waals surface area contributed by atoms with Crippen molar-refractivity contribution in [3.8, 4) is 11.3 Å². The third-order valence-corrected chi connectivity index (χ3v) is 3.69. The predicted molar refractivity (Wildman–Crippen MR) is 74.4 cm³/mol. The van der Waals surface area contributed by atoms with Crippen LogP contribution >= 0.6 is 11.3 Å². The van der Waals surface area contributed by atoms with Gasteiger partial charge in [0, 0.05) is 17.4 Å². The first kappa shape index (κ1) is 12.3. The molecule has 2 rings (SSSR count). The van der Waals surface area contributed by atoms with Gasteiger partial charge in [0.1, 0.15) is 0 Å². The lowest BCUT2D eigenvalue weighted by Crippen LogP contribution is -2.01. The maximum absolute atomic E-state index is 5.53. The Balaban J connectivity index is 2.21. The van der Waals surface area contributed by atoms with E-state index in [1.165, 1.54) is 11.1 Å². The van der Waals surface area contributed by atoms with Gasteiger partial charge in [-0.05, 0) is 18.0 Å². The summed E-state index contributed by atoms with van der Waals surface area (Å²) in [6, 6.07) is 8.66. The summed E-state index contributed by atoms with van der Waals surface area (Å²) in [5.41, 5.74) is 9.15. The molecule has 3 heteroatoms. The lowest BCUT2D eigenvalue weighted by atomic mass is 10.0. The SMILES string of the molecule is CC(C)c1ccc(-c2csc(CCN)n2)cc1. The first-order chi connectivity index (χ1) is 8.20. The van der Waals surface area contributed by atoms with E-state index >= 15 is 0 Å². The lowest BCUT2D eigenvalue weighted by Gasteiger charge is -2.05. The summed E-state index contributed by atoms with van der Waals surface area (Å²) in [6.07, 6.45) is 0.870. The molecule has 0 spiro atoms. The van der Waals surface area contributed by atoms with Crippen LogP contribution in [-0.4, -0.2) is 11.5 Å². The summed E-state index contributed by atoms with van der Waals surface area (Å²) in [5.74, 6) is 0.576. The molecule has 0 unspecified atom stereocenters. The highest BCUT2D eigenvalue weighted by Crippen LogP contribution is 2.24. The van der Waals surface area contributed by atoms with Crippen LogP contribution < -0.4 is 5.73 Å². The number of aromatic nitrogens is 1. The van der Waals surface area contributed by atoms with Crippen LogP contribution in [0.2, 0.25) is 0 Å². The number of thiazole rings is 1. The molecule has 0 saturated heterocycles. The summed E-state index contributed by atoms with van der Waals surface area (Å²) >= 11 is 1.69. The molecule has 0 aliphatic rings. The van der Waals surface area contributed by atoms with Crippen LogP contribution in [0, 0.1) is 0 Å². The van der Waals surface area contributed by atoms with Gasteiger partial charge in [0.05, 0.1) is 10.7 Å². The van der Waals surface area contributed by atoms with E-state index in [-0.39, 0.29) is 0 Å². The zero-order valence-electron chi connectivity index (χ0n) is 10.3. The highest BCUT2D eigenvalue weighted by atomic mass is 32.1. The van der Waals surface area contributed by atoms with Crippen molar-refractivity contribution in [1.29, 1.82) is 0 Å². The Kier molecular flexibility index (Phi) is 3.92. The lowest BCUT2D eigenvalue weighted by molar-refractivity contribution is 0.867. The molecule has 0 atom stereocenters. The second-order valence-corrected chi connectivity index (χ2v) is 5.38. The van der Waals surface area contributed by atoms with Crippen LogP contribution in [0.25, 0.3) is 11.3 Å². The molecule has 2 nitrogen and oxygen atoms in total. The minimum atomic E-state index is 0.576. The minimum Gasteiger partial charge on any atom is -0.330 e. The molecule has 0 radical (unpaired) electrons. The molecule has 0 aliphatic carbocycles. The fourth-order valence-electron chi connectivity index (χ4n) is 1.72. The molecule has 1 aromatic carbocycles. The Morgan fingerprint density at radius 1 is 1.24 bits per heavy atom. The van der Waals surface area contributed by atoms with Gasteiger partial charge in [-0.15, -0.1) is 11.3 Å². The molecular formula is C14H18N2S. The maximum atomic E-state index is 5.53. The number of rotatable bonds is 4. The molecule has 0 bridgehead atoms. The van der Waals surface area contributed by atoms with Crippen molar-refractivity contribution in [2.75, 3.05) is 6.54 Å². The van der Waals surface area contributed by atoms with Crippen molar-refractivity contribution in [1.82, 2.24) is 4.98 Å².